The summed E-state index contributed by atoms with van der Waals surface area (Å²) in [7, 11) is 1.65. The molecular formula is C7H17NO3. The van der Waals surface area contributed by atoms with Gasteiger partial charge in [-0.05, 0) is 0 Å². The normalized spacial score (nSPS) is 10.4. The molecule has 0 aromatic heterocycles. The number of nitrogens with one attached hydrogen (secondary N) is 1. The monoisotopic (exact) mass is 163 g/mol. The Hall–Kier alpha value is -0.160. The van der Waals surface area contributed by atoms with Crippen LogP contribution in [0.25, 0.3) is 0 Å². The van der Waals surface area contributed by atoms with Crippen molar-refractivity contribution in [3.05, 3.63) is 0 Å². The first kappa shape index (κ1) is 10.8. The fourth-order valence-corrected chi connectivity index (χ4v) is 0.593. The summed E-state index contributed by atoms with van der Waals surface area (Å²) in [5.74, 6) is 0. The van der Waals surface area contributed by atoms with Gasteiger partial charge in [-0.3, -0.25) is 0 Å². The van der Waals surface area contributed by atoms with E-state index < -0.39 is 0 Å². The highest BCUT2D eigenvalue weighted by molar-refractivity contribution is 4.42. The zero-order chi connectivity index (χ0) is 8.36. The van der Waals surface area contributed by atoms with Crippen LogP contribution in [-0.2, 0) is 9.47 Å². The highest BCUT2D eigenvalue weighted by atomic mass is 16.5. The Bertz CT molecular complexity index is 62.7. The number of hydrogen-bond acceptors (Lipinski definition) is 4. The first-order valence-electron chi connectivity index (χ1n) is 3.80. The van der Waals surface area contributed by atoms with E-state index in [4.69, 9.17) is 14.6 Å². The van der Waals surface area contributed by atoms with Gasteiger partial charge in [-0.15, -0.1) is 0 Å². The first-order valence-corrected chi connectivity index (χ1v) is 3.80. The molecule has 0 radical (unpaired) electrons. The van der Waals surface area contributed by atoms with Gasteiger partial charge >= 0.3 is 0 Å². The molecule has 0 rings (SSSR count). The van der Waals surface area contributed by atoms with E-state index in [0.717, 1.165) is 6.54 Å². The predicted octanol–water partition coefficient (Wildman–Crippen LogP) is -0.769. The molecule has 0 amide bonds. The fourth-order valence-electron chi connectivity index (χ4n) is 0.593. The summed E-state index contributed by atoms with van der Waals surface area (Å²) in [5, 5.41) is 11.4. The molecule has 0 aromatic rings. The molecule has 4 heteroatoms. The van der Waals surface area contributed by atoms with Crippen molar-refractivity contribution < 1.29 is 14.6 Å². The largest absolute Gasteiger partial charge is 0.395 e. The molecule has 0 heterocycles. The molecule has 0 atom stereocenters. The van der Waals surface area contributed by atoms with Crippen LogP contribution in [0.15, 0.2) is 0 Å². The van der Waals surface area contributed by atoms with Gasteiger partial charge < -0.3 is 19.9 Å². The van der Waals surface area contributed by atoms with E-state index in [0.29, 0.717) is 26.4 Å². The SMILES string of the molecule is COCCOCCNCCO. The summed E-state index contributed by atoms with van der Waals surface area (Å²) in [6.07, 6.45) is 0. The summed E-state index contributed by atoms with van der Waals surface area (Å²) in [6, 6.07) is 0. The molecule has 4 nitrogen and oxygen atoms in total. The van der Waals surface area contributed by atoms with Crippen molar-refractivity contribution in [3.63, 3.8) is 0 Å². The van der Waals surface area contributed by atoms with E-state index in [-0.39, 0.29) is 6.61 Å². The van der Waals surface area contributed by atoms with Crippen molar-refractivity contribution >= 4 is 0 Å². The Morgan fingerprint density at radius 1 is 1.18 bits per heavy atom. The van der Waals surface area contributed by atoms with Crippen LogP contribution in [0, 0.1) is 0 Å². The van der Waals surface area contributed by atoms with Crippen LogP contribution in [-0.4, -0.2) is 51.7 Å². The van der Waals surface area contributed by atoms with Crippen molar-refractivity contribution in [2.75, 3.05) is 46.6 Å². The zero-order valence-corrected chi connectivity index (χ0v) is 7.01. The van der Waals surface area contributed by atoms with Crippen LogP contribution >= 0.6 is 0 Å². The van der Waals surface area contributed by atoms with E-state index in [1.165, 1.54) is 0 Å². The summed E-state index contributed by atoms with van der Waals surface area (Å²) in [4.78, 5) is 0. The molecular weight excluding hydrogens is 146 g/mol. The number of hydrogen-bond donors (Lipinski definition) is 2. The summed E-state index contributed by atoms with van der Waals surface area (Å²) in [6.45, 7) is 3.54. The van der Waals surface area contributed by atoms with Crippen LogP contribution in [0.2, 0.25) is 0 Å². The first-order chi connectivity index (χ1) is 5.41. The molecule has 0 fully saturated rings. The lowest BCUT2D eigenvalue weighted by Gasteiger charge is -2.03. The smallest absolute Gasteiger partial charge is 0.0700 e. The van der Waals surface area contributed by atoms with E-state index in [1.54, 1.807) is 7.11 Å². The average Bonchev–Trinajstić information content (AvgIpc) is 2.03. The Kier molecular flexibility index (Phi) is 9.70. The zero-order valence-electron chi connectivity index (χ0n) is 7.01. The summed E-state index contributed by atoms with van der Waals surface area (Å²) < 4.78 is 9.94. The molecule has 0 aliphatic rings. The summed E-state index contributed by atoms with van der Waals surface area (Å²) >= 11 is 0. The second kappa shape index (κ2) is 9.84. The molecule has 2 N–H and O–H groups in total. The molecule has 0 aromatic carbocycles. The minimum Gasteiger partial charge on any atom is -0.395 e. The van der Waals surface area contributed by atoms with Crippen LogP contribution in [0.1, 0.15) is 0 Å². The van der Waals surface area contributed by atoms with Crippen molar-refractivity contribution in [1.29, 1.82) is 0 Å². The van der Waals surface area contributed by atoms with E-state index >= 15 is 0 Å². The lowest BCUT2D eigenvalue weighted by atomic mass is 10.6. The van der Waals surface area contributed by atoms with Gasteiger partial charge in [0.05, 0.1) is 26.4 Å². The van der Waals surface area contributed by atoms with E-state index in [2.05, 4.69) is 5.32 Å². The molecule has 11 heavy (non-hydrogen) atoms. The molecule has 0 unspecified atom stereocenters. The molecule has 0 bridgehead atoms. The van der Waals surface area contributed by atoms with Crippen LogP contribution in [0.4, 0.5) is 0 Å². The number of aliphatic hydroxyl groups is 1. The van der Waals surface area contributed by atoms with Gasteiger partial charge in [-0.2, -0.15) is 0 Å². The maximum Gasteiger partial charge on any atom is 0.0700 e. The number of rotatable bonds is 8. The Morgan fingerprint density at radius 2 is 2.00 bits per heavy atom. The third kappa shape index (κ3) is 9.84. The Morgan fingerprint density at radius 3 is 2.64 bits per heavy atom. The number of ether oxygens (including phenoxy) is 2. The summed E-state index contributed by atoms with van der Waals surface area (Å²) in [5.41, 5.74) is 0. The Balaban J connectivity index is 2.69. The number of aliphatic hydroxyl groups excluding tert-OH is 1. The van der Waals surface area contributed by atoms with Crippen molar-refractivity contribution in [2.45, 2.75) is 0 Å². The molecule has 68 valence electrons. The van der Waals surface area contributed by atoms with E-state index in [1.807, 2.05) is 0 Å². The van der Waals surface area contributed by atoms with Gasteiger partial charge in [-0.25, -0.2) is 0 Å². The maximum atomic E-state index is 8.38. The molecule has 0 saturated carbocycles. The quantitative estimate of drug-likeness (QED) is 0.461. The van der Waals surface area contributed by atoms with Crippen LogP contribution in [0.3, 0.4) is 0 Å². The topological polar surface area (TPSA) is 50.7 Å². The maximum absolute atomic E-state index is 8.38. The second-order valence-corrected chi connectivity index (χ2v) is 2.08. The molecule has 0 saturated heterocycles. The predicted molar refractivity (Wildman–Crippen MR) is 42.7 cm³/mol. The minimum atomic E-state index is 0.179. The lowest BCUT2D eigenvalue weighted by molar-refractivity contribution is 0.0716. The van der Waals surface area contributed by atoms with Gasteiger partial charge in [0.25, 0.3) is 0 Å². The highest BCUT2D eigenvalue weighted by Gasteiger charge is 1.86. The number of methoxy groups -OCH3 is 1. The van der Waals surface area contributed by atoms with Crippen LogP contribution < -0.4 is 5.32 Å². The molecule has 0 spiro atoms. The third-order valence-corrected chi connectivity index (χ3v) is 1.14. The van der Waals surface area contributed by atoms with Crippen LogP contribution in [0.5, 0.6) is 0 Å². The average molecular weight is 163 g/mol. The van der Waals surface area contributed by atoms with Gasteiger partial charge in [0.2, 0.25) is 0 Å². The fraction of sp³-hybridized carbons (Fsp3) is 1.00. The van der Waals surface area contributed by atoms with Crippen molar-refractivity contribution in [2.24, 2.45) is 0 Å². The van der Waals surface area contributed by atoms with Crippen molar-refractivity contribution in [3.8, 4) is 0 Å². The standard InChI is InChI=1S/C7H17NO3/c1-10-6-7-11-5-3-8-2-4-9/h8-9H,2-7H2,1H3. The van der Waals surface area contributed by atoms with Crippen molar-refractivity contribution in [1.82, 2.24) is 5.32 Å². The van der Waals surface area contributed by atoms with Gasteiger partial charge in [0, 0.05) is 20.2 Å². The third-order valence-electron chi connectivity index (χ3n) is 1.14. The molecule has 0 aliphatic heterocycles. The lowest BCUT2D eigenvalue weighted by Crippen LogP contribution is -2.23. The van der Waals surface area contributed by atoms with Gasteiger partial charge in [0.1, 0.15) is 0 Å². The Labute approximate surface area is 67.5 Å². The van der Waals surface area contributed by atoms with Gasteiger partial charge in [0.15, 0.2) is 0 Å². The van der Waals surface area contributed by atoms with E-state index in [9.17, 15) is 0 Å². The minimum absolute atomic E-state index is 0.179. The molecule has 0 aliphatic carbocycles. The second-order valence-electron chi connectivity index (χ2n) is 2.08. The highest BCUT2D eigenvalue weighted by Crippen LogP contribution is 1.73. The van der Waals surface area contributed by atoms with Gasteiger partial charge in [-0.1, -0.05) is 0 Å².